The van der Waals surface area contributed by atoms with Crippen LogP contribution in [0.1, 0.15) is 34.9 Å². The third-order valence-corrected chi connectivity index (χ3v) is 7.35. The molecule has 0 saturated heterocycles. The number of rotatable bonds is 5. The lowest BCUT2D eigenvalue weighted by Crippen LogP contribution is -2.28. The number of hydrogen-bond donors (Lipinski definition) is 1. The molecule has 1 aliphatic carbocycles. The Kier molecular flexibility index (Phi) is 4.59. The van der Waals surface area contributed by atoms with Crippen LogP contribution in [0.4, 0.5) is 8.78 Å². The summed E-state index contributed by atoms with van der Waals surface area (Å²) in [5, 5.41) is 0. The molecule has 5 rings (SSSR count). The number of halogens is 3. The lowest BCUT2D eigenvalue weighted by Gasteiger charge is -2.30. The monoisotopic (exact) mass is 491 g/mol. The molecule has 0 spiro atoms. The van der Waals surface area contributed by atoms with Gasteiger partial charge in [0.1, 0.15) is 11.5 Å². The molecule has 8 heteroatoms. The van der Waals surface area contributed by atoms with Crippen molar-refractivity contribution in [2.45, 2.75) is 31.0 Å². The molecule has 2 aliphatic rings. The Bertz CT molecular complexity index is 1160. The molecule has 0 bridgehead atoms. The van der Waals surface area contributed by atoms with Gasteiger partial charge in [0.05, 0.1) is 19.6 Å². The number of carbonyl (C=O) groups is 1. The largest absolute Gasteiger partial charge is 0.479 e. The Morgan fingerprint density at radius 3 is 2.67 bits per heavy atom. The van der Waals surface area contributed by atoms with E-state index in [1.165, 1.54) is 17.4 Å². The maximum atomic E-state index is 13.0. The van der Waals surface area contributed by atoms with E-state index in [1.807, 2.05) is 30.3 Å². The van der Waals surface area contributed by atoms with Crippen molar-refractivity contribution in [3.8, 4) is 22.6 Å². The first kappa shape index (κ1) is 19.5. The van der Waals surface area contributed by atoms with Crippen LogP contribution in [0.5, 0.6) is 11.5 Å². The van der Waals surface area contributed by atoms with E-state index in [4.69, 9.17) is 15.2 Å². The molecule has 1 aromatic heterocycles. The highest BCUT2D eigenvalue weighted by Crippen LogP contribution is 2.53. The topological polar surface area (TPSA) is 61.6 Å². The van der Waals surface area contributed by atoms with Crippen LogP contribution in [-0.4, -0.2) is 12.5 Å². The molecule has 4 nitrogen and oxygen atoms in total. The molecule has 1 aliphatic heterocycles. The normalized spacial score (nSPS) is 18.3. The van der Waals surface area contributed by atoms with Crippen molar-refractivity contribution in [3.05, 3.63) is 68.3 Å². The van der Waals surface area contributed by atoms with E-state index < -0.39 is 18.1 Å². The fourth-order valence-electron chi connectivity index (χ4n) is 4.05. The minimum Gasteiger partial charge on any atom is -0.479 e. The smallest absolute Gasteiger partial charge is 0.387 e. The van der Waals surface area contributed by atoms with Crippen LogP contribution >= 0.6 is 27.3 Å². The lowest BCUT2D eigenvalue weighted by atomic mass is 9.86. The van der Waals surface area contributed by atoms with Gasteiger partial charge in [-0.3, -0.25) is 4.79 Å². The summed E-state index contributed by atoms with van der Waals surface area (Å²) in [6.07, 6.45) is 0.968. The molecule has 0 radical (unpaired) electrons. The number of fused-ring (bicyclic) bond motifs is 3. The number of amides is 1. The second-order valence-corrected chi connectivity index (χ2v) is 9.89. The summed E-state index contributed by atoms with van der Waals surface area (Å²) in [6, 6.07) is 14.4. The number of alkyl halides is 2. The lowest BCUT2D eigenvalue weighted by molar-refractivity contribution is -0.120. The van der Waals surface area contributed by atoms with Crippen molar-refractivity contribution in [2.75, 3.05) is 0 Å². The van der Waals surface area contributed by atoms with Crippen LogP contribution in [0.15, 0.2) is 52.3 Å². The van der Waals surface area contributed by atoms with Gasteiger partial charge in [-0.25, -0.2) is 0 Å². The van der Waals surface area contributed by atoms with Crippen LogP contribution in [0, 0.1) is 0 Å². The minimum atomic E-state index is -2.95. The van der Waals surface area contributed by atoms with Gasteiger partial charge in [-0.1, -0.05) is 24.3 Å². The number of thiophene rings is 1. The number of hydrogen-bond acceptors (Lipinski definition) is 4. The zero-order valence-corrected chi connectivity index (χ0v) is 17.9. The van der Waals surface area contributed by atoms with Gasteiger partial charge in [-0.15, -0.1) is 11.3 Å². The molecular weight excluding hydrogens is 476 g/mol. The van der Waals surface area contributed by atoms with Crippen LogP contribution in [0.25, 0.3) is 11.1 Å². The molecule has 2 aromatic carbocycles. The van der Waals surface area contributed by atoms with Gasteiger partial charge < -0.3 is 15.2 Å². The van der Waals surface area contributed by atoms with Gasteiger partial charge in [0, 0.05) is 5.56 Å². The zero-order valence-electron chi connectivity index (χ0n) is 15.5. The number of primary amides is 1. The predicted molar refractivity (Wildman–Crippen MR) is 113 cm³/mol. The van der Waals surface area contributed by atoms with Gasteiger partial charge in [-0.2, -0.15) is 8.78 Å². The van der Waals surface area contributed by atoms with Crippen molar-refractivity contribution < 1.29 is 23.0 Å². The fraction of sp³-hybridized carbons (Fsp3) is 0.227. The molecular formula is C22H16BrF2NO3S. The SMILES string of the molecule is NC(=O)C1(c2ccc3c(c2)C(c2ccc(Br)s2)Oc2cccc(OC(F)F)c2-3)CC1. The van der Waals surface area contributed by atoms with E-state index in [-0.39, 0.29) is 11.7 Å². The van der Waals surface area contributed by atoms with Crippen molar-refractivity contribution >= 4 is 33.2 Å². The summed E-state index contributed by atoms with van der Waals surface area (Å²) in [6.45, 7) is -2.95. The summed E-state index contributed by atoms with van der Waals surface area (Å²) in [5.41, 5.74) is 7.86. The molecule has 2 N–H and O–H groups in total. The number of nitrogens with two attached hydrogens (primary N) is 1. The Morgan fingerprint density at radius 1 is 1.23 bits per heavy atom. The highest BCUT2D eigenvalue weighted by atomic mass is 79.9. The Labute approximate surface area is 183 Å². The Balaban J connectivity index is 1.71. The van der Waals surface area contributed by atoms with E-state index in [2.05, 4.69) is 15.9 Å². The zero-order chi connectivity index (χ0) is 21.0. The van der Waals surface area contributed by atoms with E-state index in [1.54, 1.807) is 12.1 Å². The summed E-state index contributed by atoms with van der Waals surface area (Å²) in [4.78, 5) is 13.0. The van der Waals surface area contributed by atoms with Crippen molar-refractivity contribution in [1.29, 1.82) is 0 Å². The fourth-order valence-corrected chi connectivity index (χ4v) is 5.52. The van der Waals surface area contributed by atoms with E-state index in [0.717, 1.165) is 25.4 Å². The highest BCUT2D eigenvalue weighted by molar-refractivity contribution is 9.11. The maximum absolute atomic E-state index is 13.0. The molecule has 30 heavy (non-hydrogen) atoms. The maximum Gasteiger partial charge on any atom is 0.387 e. The standard InChI is InChI=1S/C22H16BrF2NO3S/c23-17-7-6-16(30-17)19-13-10-11(22(8-9-22)20(26)27)4-5-12(13)18-14(28-19)2-1-3-15(18)29-21(24)25/h1-7,10,19,21H,8-9H2,(H2,26,27). The van der Waals surface area contributed by atoms with E-state index >= 15 is 0 Å². The predicted octanol–water partition coefficient (Wildman–Crippen LogP) is 5.78. The Morgan fingerprint density at radius 2 is 2.03 bits per heavy atom. The molecule has 1 unspecified atom stereocenters. The van der Waals surface area contributed by atoms with Gasteiger partial charge >= 0.3 is 6.61 Å². The first-order valence-corrected chi connectivity index (χ1v) is 10.9. The highest BCUT2D eigenvalue weighted by Gasteiger charge is 2.50. The molecule has 154 valence electrons. The molecule has 1 amide bonds. The van der Waals surface area contributed by atoms with Gasteiger partial charge in [0.2, 0.25) is 5.91 Å². The van der Waals surface area contributed by atoms with Crippen LogP contribution in [0.3, 0.4) is 0 Å². The number of ether oxygens (including phenoxy) is 2. The minimum absolute atomic E-state index is 0.0540. The molecule has 1 saturated carbocycles. The number of benzene rings is 2. The average Bonchev–Trinajstić information content (AvgIpc) is 3.42. The second-order valence-electron chi connectivity index (χ2n) is 7.40. The van der Waals surface area contributed by atoms with Crippen LogP contribution in [-0.2, 0) is 10.2 Å². The molecule has 1 atom stereocenters. The quantitative estimate of drug-likeness (QED) is 0.492. The summed E-state index contributed by atoms with van der Waals surface area (Å²) in [5.74, 6) is 0.175. The van der Waals surface area contributed by atoms with Gasteiger partial charge in [-0.05, 0) is 64.2 Å². The van der Waals surface area contributed by atoms with Crippen LogP contribution < -0.4 is 15.2 Å². The second kappa shape index (κ2) is 7.06. The van der Waals surface area contributed by atoms with Crippen molar-refractivity contribution in [2.24, 2.45) is 5.73 Å². The van der Waals surface area contributed by atoms with Crippen molar-refractivity contribution in [3.63, 3.8) is 0 Å². The third-order valence-electron chi connectivity index (χ3n) is 5.68. The average molecular weight is 492 g/mol. The van der Waals surface area contributed by atoms with E-state index in [0.29, 0.717) is 24.2 Å². The van der Waals surface area contributed by atoms with Crippen LogP contribution in [0.2, 0.25) is 0 Å². The molecule has 2 heterocycles. The third kappa shape index (κ3) is 3.09. The van der Waals surface area contributed by atoms with Gasteiger partial charge in [0.15, 0.2) is 6.10 Å². The van der Waals surface area contributed by atoms with E-state index in [9.17, 15) is 13.6 Å². The molecule has 3 aromatic rings. The summed E-state index contributed by atoms with van der Waals surface area (Å²) < 4.78 is 38.0. The summed E-state index contributed by atoms with van der Waals surface area (Å²) >= 11 is 5.01. The summed E-state index contributed by atoms with van der Waals surface area (Å²) in [7, 11) is 0. The molecule has 1 fully saturated rings. The first-order valence-electron chi connectivity index (χ1n) is 9.33. The van der Waals surface area contributed by atoms with Gasteiger partial charge in [0.25, 0.3) is 0 Å². The Hall–Kier alpha value is -2.45. The number of carbonyl (C=O) groups excluding carboxylic acids is 1. The first-order chi connectivity index (χ1) is 14.4. The van der Waals surface area contributed by atoms with Crippen molar-refractivity contribution in [1.82, 2.24) is 0 Å².